The summed E-state index contributed by atoms with van der Waals surface area (Å²) < 4.78 is 5.00. The average molecular weight is 264 g/mol. The van der Waals surface area contributed by atoms with Gasteiger partial charge in [0.1, 0.15) is 5.75 Å². The van der Waals surface area contributed by atoms with E-state index in [-0.39, 0.29) is 12.5 Å². The highest BCUT2D eigenvalue weighted by Crippen LogP contribution is 2.17. The molecule has 1 amide bonds. The van der Waals surface area contributed by atoms with E-state index in [2.05, 4.69) is 10.6 Å². The number of hydrogen-bond acceptors (Lipinski definition) is 4. The number of anilines is 1. The fourth-order valence-corrected chi connectivity index (χ4v) is 1.75. The summed E-state index contributed by atoms with van der Waals surface area (Å²) in [6.07, 6.45) is 0.518. The summed E-state index contributed by atoms with van der Waals surface area (Å²) in [5.41, 5.74) is 0.681. The summed E-state index contributed by atoms with van der Waals surface area (Å²) in [6.45, 7) is 1.42. The lowest BCUT2D eigenvalue weighted by Crippen LogP contribution is -2.43. The van der Waals surface area contributed by atoms with Crippen molar-refractivity contribution in [1.82, 2.24) is 5.32 Å². The van der Waals surface area contributed by atoms with Crippen molar-refractivity contribution in [1.29, 1.82) is 0 Å². The maximum Gasteiger partial charge on any atom is 0.341 e. The van der Waals surface area contributed by atoms with Crippen LogP contribution in [0.25, 0.3) is 0 Å². The van der Waals surface area contributed by atoms with Crippen molar-refractivity contribution in [2.75, 3.05) is 25.0 Å². The van der Waals surface area contributed by atoms with E-state index in [4.69, 9.17) is 9.84 Å². The molecule has 0 aromatic heterocycles. The highest BCUT2D eigenvalue weighted by Gasteiger charge is 2.19. The number of aliphatic carboxylic acids is 1. The zero-order valence-corrected chi connectivity index (χ0v) is 10.4. The topological polar surface area (TPSA) is 87.7 Å². The molecule has 0 radical (unpaired) electrons. The third kappa shape index (κ3) is 4.26. The molecule has 0 unspecified atom stereocenters. The minimum Gasteiger partial charge on any atom is -0.482 e. The van der Waals surface area contributed by atoms with Gasteiger partial charge in [-0.15, -0.1) is 0 Å². The Morgan fingerprint density at radius 1 is 1.32 bits per heavy atom. The molecule has 1 saturated heterocycles. The standard InChI is InChI=1S/C13H16N2O4/c16-12(5-9-6-14-7-9)15-10-1-3-11(4-2-10)19-8-13(17)18/h1-4,9,14H,5-8H2,(H,15,16)(H,17,18). The molecule has 1 heterocycles. The number of amides is 1. The van der Waals surface area contributed by atoms with Crippen molar-refractivity contribution in [3.05, 3.63) is 24.3 Å². The lowest BCUT2D eigenvalue weighted by molar-refractivity contribution is -0.139. The first-order valence-electron chi connectivity index (χ1n) is 6.08. The molecule has 0 bridgehead atoms. The molecule has 1 aromatic rings. The molecule has 6 nitrogen and oxygen atoms in total. The Bertz CT molecular complexity index is 454. The molecule has 0 aliphatic carbocycles. The van der Waals surface area contributed by atoms with Gasteiger partial charge in [0.05, 0.1) is 0 Å². The smallest absolute Gasteiger partial charge is 0.341 e. The Hall–Kier alpha value is -2.08. The van der Waals surface area contributed by atoms with E-state index < -0.39 is 5.97 Å². The summed E-state index contributed by atoms with van der Waals surface area (Å²) >= 11 is 0. The van der Waals surface area contributed by atoms with Gasteiger partial charge in [-0.3, -0.25) is 4.79 Å². The molecule has 3 N–H and O–H groups in total. The van der Waals surface area contributed by atoms with Gasteiger partial charge in [-0.1, -0.05) is 0 Å². The first-order chi connectivity index (χ1) is 9.13. The summed E-state index contributed by atoms with van der Waals surface area (Å²) in [4.78, 5) is 22.0. The lowest BCUT2D eigenvalue weighted by atomic mass is 9.99. The molecule has 0 atom stereocenters. The summed E-state index contributed by atoms with van der Waals surface area (Å²) in [7, 11) is 0. The molecule has 2 rings (SSSR count). The quantitative estimate of drug-likeness (QED) is 0.704. The van der Waals surface area contributed by atoms with Crippen LogP contribution in [0.4, 0.5) is 5.69 Å². The SMILES string of the molecule is O=C(O)COc1ccc(NC(=O)CC2CNC2)cc1. The van der Waals surface area contributed by atoms with Gasteiger partial charge in [0.15, 0.2) is 6.61 Å². The molecule has 0 saturated carbocycles. The van der Waals surface area contributed by atoms with Gasteiger partial charge in [-0.25, -0.2) is 4.79 Å². The molecular weight excluding hydrogens is 248 g/mol. The second-order valence-electron chi connectivity index (χ2n) is 4.48. The van der Waals surface area contributed by atoms with Gasteiger partial charge in [-0.05, 0) is 43.3 Å². The molecule has 19 heavy (non-hydrogen) atoms. The van der Waals surface area contributed by atoms with Crippen LogP contribution in [-0.4, -0.2) is 36.7 Å². The van der Waals surface area contributed by atoms with E-state index in [1.165, 1.54) is 0 Å². The maximum atomic E-state index is 11.7. The molecule has 1 fully saturated rings. The van der Waals surface area contributed by atoms with E-state index in [0.29, 0.717) is 23.8 Å². The van der Waals surface area contributed by atoms with Crippen molar-refractivity contribution in [3.8, 4) is 5.75 Å². The van der Waals surface area contributed by atoms with Crippen LogP contribution in [-0.2, 0) is 9.59 Å². The van der Waals surface area contributed by atoms with E-state index in [1.807, 2.05) is 0 Å². The lowest BCUT2D eigenvalue weighted by Gasteiger charge is -2.26. The van der Waals surface area contributed by atoms with Crippen LogP contribution >= 0.6 is 0 Å². The number of carbonyl (C=O) groups is 2. The van der Waals surface area contributed by atoms with E-state index in [1.54, 1.807) is 24.3 Å². The predicted molar refractivity (Wildman–Crippen MR) is 69.2 cm³/mol. The van der Waals surface area contributed by atoms with Gasteiger partial charge in [0.2, 0.25) is 5.91 Å². The number of carbonyl (C=O) groups excluding carboxylic acids is 1. The van der Waals surface area contributed by atoms with Crippen LogP contribution in [0.5, 0.6) is 5.75 Å². The first-order valence-corrected chi connectivity index (χ1v) is 6.08. The van der Waals surface area contributed by atoms with Crippen LogP contribution in [0.15, 0.2) is 24.3 Å². The molecule has 6 heteroatoms. The average Bonchev–Trinajstić information content (AvgIpc) is 2.33. The molecular formula is C13H16N2O4. The number of carboxylic acid groups (broad SMARTS) is 1. The van der Waals surface area contributed by atoms with E-state index in [0.717, 1.165) is 13.1 Å². The minimum absolute atomic E-state index is 0.00861. The Morgan fingerprint density at radius 3 is 2.53 bits per heavy atom. The van der Waals surface area contributed by atoms with Crippen molar-refractivity contribution in [2.45, 2.75) is 6.42 Å². The van der Waals surface area contributed by atoms with Gasteiger partial charge in [0, 0.05) is 12.1 Å². The molecule has 0 spiro atoms. The van der Waals surface area contributed by atoms with Gasteiger partial charge >= 0.3 is 5.97 Å². The third-order valence-electron chi connectivity index (χ3n) is 2.84. The van der Waals surface area contributed by atoms with Crippen molar-refractivity contribution in [3.63, 3.8) is 0 Å². The van der Waals surface area contributed by atoms with Gasteiger partial charge in [-0.2, -0.15) is 0 Å². The zero-order chi connectivity index (χ0) is 13.7. The predicted octanol–water partition coefficient (Wildman–Crippen LogP) is 0.698. The Kier molecular flexibility index (Phi) is 4.35. The molecule has 1 aliphatic rings. The third-order valence-corrected chi connectivity index (χ3v) is 2.84. The van der Waals surface area contributed by atoms with Crippen LogP contribution in [0.2, 0.25) is 0 Å². The Morgan fingerprint density at radius 2 is 2.00 bits per heavy atom. The zero-order valence-electron chi connectivity index (χ0n) is 10.4. The molecule has 1 aromatic carbocycles. The summed E-state index contributed by atoms with van der Waals surface area (Å²) in [5, 5.41) is 14.4. The fraction of sp³-hybridized carbons (Fsp3) is 0.385. The van der Waals surface area contributed by atoms with Gasteiger partial charge < -0.3 is 20.5 Å². The molecule has 102 valence electrons. The second kappa shape index (κ2) is 6.19. The number of hydrogen-bond donors (Lipinski definition) is 3. The van der Waals surface area contributed by atoms with Crippen LogP contribution < -0.4 is 15.4 Å². The number of carboxylic acids is 1. The minimum atomic E-state index is -1.02. The number of rotatable bonds is 6. The Labute approximate surface area is 110 Å². The molecule has 1 aliphatic heterocycles. The van der Waals surface area contributed by atoms with Crippen LogP contribution in [0.1, 0.15) is 6.42 Å². The van der Waals surface area contributed by atoms with E-state index >= 15 is 0 Å². The van der Waals surface area contributed by atoms with E-state index in [9.17, 15) is 9.59 Å². The highest BCUT2D eigenvalue weighted by atomic mass is 16.5. The number of benzene rings is 1. The number of nitrogens with one attached hydrogen (secondary N) is 2. The van der Waals surface area contributed by atoms with Gasteiger partial charge in [0.25, 0.3) is 0 Å². The Balaban J connectivity index is 1.80. The van der Waals surface area contributed by atoms with Crippen LogP contribution in [0.3, 0.4) is 0 Å². The summed E-state index contributed by atoms with van der Waals surface area (Å²) in [5.74, 6) is -0.140. The highest BCUT2D eigenvalue weighted by molar-refractivity contribution is 5.91. The fourth-order valence-electron chi connectivity index (χ4n) is 1.75. The monoisotopic (exact) mass is 264 g/mol. The summed E-state index contributed by atoms with van der Waals surface area (Å²) in [6, 6.07) is 6.63. The second-order valence-corrected chi connectivity index (χ2v) is 4.48. The van der Waals surface area contributed by atoms with Crippen molar-refractivity contribution in [2.24, 2.45) is 5.92 Å². The first kappa shape index (κ1) is 13.4. The maximum absolute atomic E-state index is 11.7. The largest absolute Gasteiger partial charge is 0.482 e. The van der Waals surface area contributed by atoms with Crippen molar-refractivity contribution < 1.29 is 19.4 Å². The normalized spacial score (nSPS) is 14.5. The number of ether oxygens (including phenoxy) is 1. The van der Waals surface area contributed by atoms with Crippen LogP contribution in [0, 0.1) is 5.92 Å². The van der Waals surface area contributed by atoms with Crippen molar-refractivity contribution >= 4 is 17.6 Å².